The van der Waals surface area contributed by atoms with Crippen molar-refractivity contribution in [2.75, 3.05) is 0 Å². The minimum absolute atomic E-state index is 0.460. The van der Waals surface area contributed by atoms with Gasteiger partial charge >= 0.3 is 0 Å². The molecule has 0 N–H and O–H groups in total. The summed E-state index contributed by atoms with van der Waals surface area (Å²) >= 11 is 0. The van der Waals surface area contributed by atoms with Crippen LogP contribution in [0.4, 0.5) is 0 Å². The van der Waals surface area contributed by atoms with Gasteiger partial charge in [-0.3, -0.25) is 4.98 Å². The summed E-state index contributed by atoms with van der Waals surface area (Å²) in [6.45, 7) is 0. The van der Waals surface area contributed by atoms with E-state index in [1.807, 2.05) is 91.0 Å². The molecule has 9 rings (SSSR count). The van der Waals surface area contributed by atoms with Crippen molar-refractivity contribution in [2.24, 2.45) is 0 Å². The summed E-state index contributed by atoms with van der Waals surface area (Å²) in [6.07, 6.45) is 1.78. The Morgan fingerprint density at radius 1 is 0.451 bits per heavy atom. The van der Waals surface area contributed by atoms with Gasteiger partial charge in [-0.2, -0.15) is 5.26 Å². The molecule has 0 spiro atoms. The zero-order valence-corrected chi connectivity index (χ0v) is 27.2. The maximum atomic E-state index is 9.34. The van der Waals surface area contributed by atoms with E-state index in [0.29, 0.717) is 28.7 Å². The Morgan fingerprint density at radius 2 is 1.08 bits per heavy atom. The third-order valence-electron chi connectivity index (χ3n) is 9.04. The van der Waals surface area contributed by atoms with E-state index in [0.717, 1.165) is 55.3 Å². The Morgan fingerprint density at radius 3 is 1.82 bits per heavy atom. The van der Waals surface area contributed by atoms with Gasteiger partial charge < -0.3 is 4.42 Å². The van der Waals surface area contributed by atoms with Crippen molar-refractivity contribution in [3.05, 3.63) is 169 Å². The molecule has 3 heterocycles. The van der Waals surface area contributed by atoms with Crippen LogP contribution in [-0.4, -0.2) is 19.9 Å². The number of nitriles is 1. The first-order valence-electron chi connectivity index (χ1n) is 16.6. The Hall–Kier alpha value is -7.23. The van der Waals surface area contributed by atoms with Crippen molar-refractivity contribution in [2.45, 2.75) is 0 Å². The second kappa shape index (κ2) is 12.7. The maximum absolute atomic E-state index is 9.34. The monoisotopic (exact) mass is 653 g/mol. The number of aromatic nitrogens is 4. The van der Waals surface area contributed by atoms with Gasteiger partial charge in [0.25, 0.3) is 0 Å². The summed E-state index contributed by atoms with van der Waals surface area (Å²) in [6, 6.07) is 54.8. The zero-order chi connectivity index (χ0) is 34.1. The van der Waals surface area contributed by atoms with Crippen molar-refractivity contribution in [3.8, 4) is 73.7 Å². The highest BCUT2D eigenvalue weighted by Crippen LogP contribution is 2.39. The van der Waals surface area contributed by atoms with Gasteiger partial charge in [0.15, 0.2) is 17.5 Å². The van der Waals surface area contributed by atoms with Crippen LogP contribution in [-0.2, 0) is 0 Å². The van der Waals surface area contributed by atoms with Crippen molar-refractivity contribution >= 4 is 21.9 Å². The van der Waals surface area contributed by atoms with E-state index in [9.17, 15) is 5.26 Å². The Bertz CT molecular complexity index is 2730. The lowest BCUT2D eigenvalue weighted by Gasteiger charge is -2.09. The van der Waals surface area contributed by atoms with Gasteiger partial charge in [0.05, 0.1) is 11.6 Å². The molecule has 0 radical (unpaired) electrons. The Kier molecular flexibility index (Phi) is 7.42. The minimum atomic E-state index is 0.460. The van der Waals surface area contributed by atoms with Crippen LogP contribution in [0.15, 0.2) is 168 Å². The number of furan rings is 1. The molecule has 0 unspecified atom stereocenters. The molecule has 0 bridgehead atoms. The third-order valence-corrected chi connectivity index (χ3v) is 9.04. The van der Waals surface area contributed by atoms with Gasteiger partial charge in [-0.15, -0.1) is 0 Å². The molecular formula is C45H27N5O. The SMILES string of the molecule is N#Cc1cccc(-c2ccc(-c3nc(-c4ccccc4)nc(-c4ccc5c(c4)oc4cccc(-c6ccc(-c7ccccc7)cc6)c45)n3)nc2)c1. The molecule has 6 heteroatoms. The van der Waals surface area contributed by atoms with E-state index >= 15 is 0 Å². The van der Waals surface area contributed by atoms with Crippen LogP contribution in [0.3, 0.4) is 0 Å². The molecule has 0 aliphatic rings. The second-order valence-corrected chi connectivity index (χ2v) is 12.2. The largest absolute Gasteiger partial charge is 0.456 e. The van der Waals surface area contributed by atoms with Crippen LogP contribution < -0.4 is 0 Å². The lowest BCUT2D eigenvalue weighted by Crippen LogP contribution is -2.01. The number of hydrogen-bond donors (Lipinski definition) is 0. The maximum Gasteiger partial charge on any atom is 0.182 e. The van der Waals surface area contributed by atoms with E-state index in [1.54, 1.807) is 12.3 Å². The van der Waals surface area contributed by atoms with Crippen molar-refractivity contribution in [1.82, 2.24) is 19.9 Å². The van der Waals surface area contributed by atoms with Crippen LogP contribution in [0, 0.1) is 11.3 Å². The lowest BCUT2D eigenvalue weighted by molar-refractivity contribution is 0.669. The first kappa shape index (κ1) is 29.9. The highest BCUT2D eigenvalue weighted by atomic mass is 16.3. The second-order valence-electron chi connectivity index (χ2n) is 12.2. The molecule has 0 atom stereocenters. The average Bonchev–Trinajstić information content (AvgIpc) is 3.60. The predicted molar refractivity (Wildman–Crippen MR) is 202 cm³/mol. The first-order valence-corrected chi connectivity index (χ1v) is 16.6. The summed E-state index contributed by atoms with van der Waals surface area (Å²) in [5.74, 6) is 1.53. The topological polar surface area (TPSA) is 88.5 Å². The molecule has 238 valence electrons. The third kappa shape index (κ3) is 5.69. The summed E-state index contributed by atoms with van der Waals surface area (Å²) in [5.41, 5.74) is 10.9. The van der Waals surface area contributed by atoms with Gasteiger partial charge in [-0.25, -0.2) is 15.0 Å². The van der Waals surface area contributed by atoms with Gasteiger partial charge in [-0.05, 0) is 64.2 Å². The summed E-state index contributed by atoms with van der Waals surface area (Å²) in [4.78, 5) is 19.4. The first-order chi connectivity index (χ1) is 25.2. The smallest absolute Gasteiger partial charge is 0.182 e. The van der Waals surface area contributed by atoms with E-state index in [4.69, 9.17) is 24.4 Å². The summed E-state index contributed by atoms with van der Waals surface area (Å²) < 4.78 is 6.47. The molecule has 9 aromatic rings. The normalized spacial score (nSPS) is 11.1. The number of benzene rings is 6. The molecule has 0 aliphatic heterocycles. The van der Waals surface area contributed by atoms with Crippen LogP contribution in [0.1, 0.15) is 5.56 Å². The fourth-order valence-corrected chi connectivity index (χ4v) is 6.48. The zero-order valence-electron chi connectivity index (χ0n) is 27.2. The van der Waals surface area contributed by atoms with E-state index in [-0.39, 0.29) is 0 Å². The molecule has 0 aliphatic carbocycles. The van der Waals surface area contributed by atoms with Crippen molar-refractivity contribution < 1.29 is 4.42 Å². The highest BCUT2D eigenvalue weighted by molar-refractivity contribution is 6.13. The average molecular weight is 654 g/mol. The van der Waals surface area contributed by atoms with Crippen LogP contribution in [0.2, 0.25) is 0 Å². The molecule has 6 aromatic carbocycles. The van der Waals surface area contributed by atoms with E-state index in [2.05, 4.69) is 66.7 Å². The molecular weight excluding hydrogens is 627 g/mol. The van der Waals surface area contributed by atoms with Gasteiger partial charge in [-0.1, -0.05) is 121 Å². The Labute approximate surface area is 294 Å². The number of fused-ring (bicyclic) bond motifs is 3. The molecule has 0 saturated carbocycles. The highest BCUT2D eigenvalue weighted by Gasteiger charge is 2.17. The minimum Gasteiger partial charge on any atom is -0.456 e. The van der Waals surface area contributed by atoms with Crippen LogP contribution in [0.5, 0.6) is 0 Å². The molecule has 0 amide bonds. The molecule has 3 aromatic heterocycles. The predicted octanol–water partition coefficient (Wildman–Crippen LogP) is 11.0. The number of nitrogens with zero attached hydrogens (tertiary/aromatic N) is 5. The standard InChI is InChI=1S/C45H27N5O/c46-27-29-9-7-14-34(25-29)36-22-24-39(47-28-36)45-49-43(33-12-5-2-6-13-33)48-44(50-45)35-21-23-38-41(26-35)51-40-16-8-15-37(42(38)40)32-19-17-31(18-20-32)30-10-3-1-4-11-30/h1-26,28H. The summed E-state index contributed by atoms with van der Waals surface area (Å²) in [5, 5.41) is 11.4. The van der Waals surface area contributed by atoms with Crippen molar-refractivity contribution in [3.63, 3.8) is 0 Å². The number of hydrogen-bond acceptors (Lipinski definition) is 6. The summed E-state index contributed by atoms with van der Waals surface area (Å²) in [7, 11) is 0. The lowest BCUT2D eigenvalue weighted by atomic mass is 9.96. The van der Waals surface area contributed by atoms with E-state index < -0.39 is 0 Å². The van der Waals surface area contributed by atoms with Crippen LogP contribution >= 0.6 is 0 Å². The van der Waals surface area contributed by atoms with Gasteiger partial charge in [0.2, 0.25) is 0 Å². The number of rotatable bonds is 6. The quantitative estimate of drug-likeness (QED) is 0.177. The van der Waals surface area contributed by atoms with Crippen LogP contribution in [0.25, 0.3) is 89.6 Å². The van der Waals surface area contributed by atoms with E-state index in [1.165, 1.54) is 11.1 Å². The molecule has 0 fully saturated rings. The van der Waals surface area contributed by atoms with Crippen molar-refractivity contribution in [1.29, 1.82) is 5.26 Å². The molecule has 0 saturated heterocycles. The van der Waals surface area contributed by atoms with Gasteiger partial charge in [0.1, 0.15) is 16.9 Å². The fourth-order valence-electron chi connectivity index (χ4n) is 6.48. The fraction of sp³-hybridized carbons (Fsp3) is 0. The molecule has 51 heavy (non-hydrogen) atoms. The Balaban J connectivity index is 1.12. The number of pyridine rings is 1. The van der Waals surface area contributed by atoms with Gasteiger partial charge in [0, 0.05) is 33.7 Å². The molecule has 6 nitrogen and oxygen atoms in total.